The molecule has 240 valence electrons. The molecular formula is C37H49F3N2O2. The first kappa shape index (κ1) is 32.6. The van der Waals surface area contributed by atoms with Gasteiger partial charge in [0, 0.05) is 38.2 Å². The van der Waals surface area contributed by atoms with Crippen molar-refractivity contribution in [3.05, 3.63) is 70.5 Å². The van der Waals surface area contributed by atoms with E-state index in [-0.39, 0.29) is 40.8 Å². The quantitative estimate of drug-likeness (QED) is 0.316. The van der Waals surface area contributed by atoms with Gasteiger partial charge in [-0.1, -0.05) is 32.9 Å². The Kier molecular flexibility index (Phi) is 9.53. The van der Waals surface area contributed by atoms with E-state index in [0.717, 1.165) is 75.2 Å². The zero-order valence-electron chi connectivity index (χ0n) is 27.1. The van der Waals surface area contributed by atoms with Gasteiger partial charge in [0.1, 0.15) is 17.5 Å². The Hall–Kier alpha value is -2.83. The first-order chi connectivity index (χ1) is 20.7. The largest absolute Gasteiger partial charge is 0.342 e. The molecule has 1 unspecified atom stereocenters. The minimum absolute atomic E-state index is 0.0281. The Labute approximate surface area is 261 Å². The van der Waals surface area contributed by atoms with Crippen LogP contribution < -0.4 is 0 Å². The van der Waals surface area contributed by atoms with Crippen LogP contribution in [0.2, 0.25) is 0 Å². The molecular weight excluding hydrogens is 561 g/mol. The Morgan fingerprint density at radius 1 is 0.795 bits per heavy atom. The van der Waals surface area contributed by atoms with Crippen LogP contribution in [0.5, 0.6) is 0 Å². The number of hydrogen-bond acceptors (Lipinski definition) is 2. The van der Waals surface area contributed by atoms with Gasteiger partial charge >= 0.3 is 0 Å². The number of piperidine rings is 1. The van der Waals surface area contributed by atoms with Crippen molar-refractivity contribution in [3.63, 3.8) is 0 Å². The van der Waals surface area contributed by atoms with Gasteiger partial charge in [-0.25, -0.2) is 13.2 Å². The summed E-state index contributed by atoms with van der Waals surface area (Å²) in [7, 11) is 0. The predicted molar refractivity (Wildman–Crippen MR) is 168 cm³/mol. The van der Waals surface area contributed by atoms with Crippen molar-refractivity contribution in [2.24, 2.45) is 17.3 Å². The average molecular weight is 611 g/mol. The summed E-state index contributed by atoms with van der Waals surface area (Å²) in [6.07, 6.45) is 6.89. The minimum Gasteiger partial charge on any atom is -0.342 e. The van der Waals surface area contributed by atoms with Gasteiger partial charge in [0.05, 0.1) is 5.41 Å². The number of rotatable bonds is 7. The molecule has 3 aliphatic rings. The molecule has 3 fully saturated rings. The number of likely N-dealkylation sites (tertiary alicyclic amines) is 2. The molecule has 2 aliphatic heterocycles. The molecule has 0 bridgehead atoms. The molecule has 7 heteroatoms. The Balaban J connectivity index is 1.31. The van der Waals surface area contributed by atoms with E-state index in [0.29, 0.717) is 31.0 Å². The lowest BCUT2D eigenvalue weighted by molar-refractivity contribution is -0.140. The van der Waals surface area contributed by atoms with E-state index in [4.69, 9.17) is 0 Å². The molecule has 5 rings (SSSR count). The van der Waals surface area contributed by atoms with E-state index >= 15 is 4.39 Å². The normalized spacial score (nSPS) is 23.4. The van der Waals surface area contributed by atoms with Crippen molar-refractivity contribution in [1.82, 2.24) is 9.80 Å². The van der Waals surface area contributed by atoms with E-state index in [9.17, 15) is 18.4 Å². The number of halogens is 3. The summed E-state index contributed by atoms with van der Waals surface area (Å²) in [6.45, 7) is 13.1. The van der Waals surface area contributed by atoms with Gasteiger partial charge in [-0.3, -0.25) is 9.59 Å². The van der Waals surface area contributed by atoms with Crippen LogP contribution in [0.4, 0.5) is 13.2 Å². The topological polar surface area (TPSA) is 40.6 Å². The SMILES string of the molecule is CC(C)(C)CCC1CC[C@@H](C(=O)N2CCC(c3ccc(F)cc3C(C)(C)C(=O)N3CCC3)CC2)[C@H](c2ccc(F)cc2F)C1. The molecule has 0 N–H and O–H groups in total. The van der Waals surface area contributed by atoms with E-state index in [1.54, 1.807) is 0 Å². The Bertz CT molecular complexity index is 1360. The fourth-order valence-electron chi connectivity index (χ4n) is 7.70. The fraction of sp³-hybridized carbons (Fsp3) is 0.622. The fourth-order valence-corrected chi connectivity index (χ4v) is 7.70. The number of benzene rings is 2. The van der Waals surface area contributed by atoms with Gasteiger partial charge < -0.3 is 9.80 Å². The first-order valence-electron chi connectivity index (χ1n) is 16.6. The zero-order valence-corrected chi connectivity index (χ0v) is 27.1. The number of carbonyl (C=O) groups is 2. The molecule has 2 aromatic rings. The molecule has 0 aromatic heterocycles. The number of carbonyl (C=O) groups excluding carboxylic acids is 2. The van der Waals surface area contributed by atoms with Crippen LogP contribution in [0.1, 0.15) is 115 Å². The van der Waals surface area contributed by atoms with Crippen molar-refractivity contribution in [3.8, 4) is 0 Å². The summed E-state index contributed by atoms with van der Waals surface area (Å²) in [4.78, 5) is 31.2. The molecule has 0 radical (unpaired) electrons. The maximum absolute atomic E-state index is 15.1. The lowest BCUT2D eigenvalue weighted by Crippen LogP contribution is -2.50. The molecule has 2 amide bonds. The minimum atomic E-state index is -0.844. The molecule has 2 heterocycles. The van der Waals surface area contributed by atoms with Gasteiger partial charge in [-0.15, -0.1) is 0 Å². The van der Waals surface area contributed by atoms with Crippen LogP contribution >= 0.6 is 0 Å². The second-order valence-electron chi connectivity index (χ2n) is 15.3. The van der Waals surface area contributed by atoms with E-state index in [1.165, 1.54) is 24.3 Å². The smallest absolute Gasteiger partial charge is 0.232 e. The van der Waals surface area contributed by atoms with Gasteiger partial charge in [0.25, 0.3) is 0 Å². The summed E-state index contributed by atoms with van der Waals surface area (Å²) in [6, 6.07) is 8.59. The third-order valence-electron chi connectivity index (χ3n) is 10.6. The van der Waals surface area contributed by atoms with E-state index < -0.39 is 17.0 Å². The molecule has 4 nitrogen and oxygen atoms in total. The van der Waals surface area contributed by atoms with E-state index in [2.05, 4.69) is 20.8 Å². The third kappa shape index (κ3) is 7.02. The Morgan fingerprint density at radius 3 is 2.02 bits per heavy atom. The zero-order chi connectivity index (χ0) is 31.8. The monoisotopic (exact) mass is 610 g/mol. The molecule has 44 heavy (non-hydrogen) atoms. The van der Waals surface area contributed by atoms with Crippen molar-refractivity contribution in [2.45, 2.75) is 103 Å². The van der Waals surface area contributed by atoms with Crippen LogP contribution in [0, 0.1) is 34.7 Å². The standard InChI is InChI=1S/C37H49F3N2O2/c1-36(2,3)16-13-24-7-10-30(31(21-24)29-12-9-27(39)23-33(29)40)34(43)41-19-14-25(15-20-41)28-11-8-26(38)22-32(28)37(4,5)35(44)42-17-6-18-42/h8-9,11-12,22-25,30-31H,6-7,10,13-21H2,1-5H3/t24?,30-,31+/m1/s1. The third-order valence-corrected chi connectivity index (χ3v) is 10.6. The summed E-state index contributed by atoms with van der Waals surface area (Å²) >= 11 is 0. The Morgan fingerprint density at radius 2 is 1.43 bits per heavy atom. The second kappa shape index (κ2) is 12.9. The van der Waals surface area contributed by atoms with Gasteiger partial charge in [0.15, 0.2) is 0 Å². The number of nitrogens with zero attached hydrogens (tertiary/aromatic N) is 2. The van der Waals surface area contributed by atoms with Crippen molar-refractivity contribution in [1.29, 1.82) is 0 Å². The van der Waals surface area contributed by atoms with Crippen molar-refractivity contribution >= 4 is 11.8 Å². The van der Waals surface area contributed by atoms with Crippen LogP contribution in [0.15, 0.2) is 36.4 Å². The van der Waals surface area contributed by atoms with Crippen molar-refractivity contribution in [2.75, 3.05) is 26.2 Å². The highest BCUT2D eigenvalue weighted by Crippen LogP contribution is 2.46. The second-order valence-corrected chi connectivity index (χ2v) is 15.3. The van der Waals surface area contributed by atoms with Crippen LogP contribution in [0.25, 0.3) is 0 Å². The lowest BCUT2D eigenvalue weighted by atomic mass is 9.68. The number of amides is 2. The van der Waals surface area contributed by atoms with Gasteiger partial charge in [-0.2, -0.15) is 0 Å². The summed E-state index contributed by atoms with van der Waals surface area (Å²) in [5, 5.41) is 0. The predicted octanol–water partition coefficient (Wildman–Crippen LogP) is 8.35. The van der Waals surface area contributed by atoms with Crippen molar-refractivity contribution < 1.29 is 22.8 Å². The van der Waals surface area contributed by atoms with E-state index in [1.807, 2.05) is 29.7 Å². The highest BCUT2D eigenvalue weighted by molar-refractivity contribution is 5.88. The lowest BCUT2D eigenvalue weighted by Gasteiger charge is -2.42. The molecule has 1 saturated carbocycles. The molecule has 2 aromatic carbocycles. The summed E-state index contributed by atoms with van der Waals surface area (Å²) in [5.74, 6) is -1.55. The summed E-state index contributed by atoms with van der Waals surface area (Å²) < 4.78 is 43.5. The number of hydrogen-bond donors (Lipinski definition) is 0. The van der Waals surface area contributed by atoms with Gasteiger partial charge in [-0.05, 0) is 123 Å². The van der Waals surface area contributed by atoms with Crippen LogP contribution in [-0.4, -0.2) is 47.8 Å². The van der Waals surface area contributed by atoms with Gasteiger partial charge in [0.2, 0.25) is 11.8 Å². The first-order valence-corrected chi connectivity index (χ1v) is 16.6. The average Bonchev–Trinajstić information content (AvgIpc) is 2.94. The maximum Gasteiger partial charge on any atom is 0.232 e. The van der Waals surface area contributed by atoms with Crippen LogP contribution in [0.3, 0.4) is 0 Å². The highest BCUT2D eigenvalue weighted by Gasteiger charge is 2.42. The van der Waals surface area contributed by atoms with Crippen LogP contribution in [-0.2, 0) is 15.0 Å². The molecule has 0 spiro atoms. The molecule has 1 aliphatic carbocycles. The highest BCUT2D eigenvalue weighted by atomic mass is 19.1. The molecule has 3 atom stereocenters. The summed E-state index contributed by atoms with van der Waals surface area (Å²) in [5.41, 5.74) is 1.53. The molecule has 2 saturated heterocycles. The maximum atomic E-state index is 15.1.